The van der Waals surface area contributed by atoms with Crippen LogP contribution in [0.1, 0.15) is 76.9 Å². The van der Waals surface area contributed by atoms with E-state index in [2.05, 4.69) is 21.2 Å². The van der Waals surface area contributed by atoms with Gasteiger partial charge in [-0.05, 0) is 95.4 Å². The van der Waals surface area contributed by atoms with Crippen LogP contribution in [-0.4, -0.2) is 25.3 Å². The van der Waals surface area contributed by atoms with E-state index in [0.29, 0.717) is 11.5 Å². The number of halogens is 2. The molecular formula is C30H32BrFN2O3S. The SMILES string of the molecule is COc1cc(C=Nc2sc3c(c2C(=O)NC2CCCCC2)CCCC3)cc(Br)c1OCc1ccc(F)cc1. The van der Waals surface area contributed by atoms with Crippen LogP contribution in [0, 0.1) is 5.82 Å². The van der Waals surface area contributed by atoms with E-state index in [9.17, 15) is 9.18 Å². The number of aryl methyl sites for hydroxylation is 1. The normalized spacial score (nSPS) is 15.9. The second-order valence-electron chi connectivity index (χ2n) is 9.91. The molecule has 2 aliphatic rings. The van der Waals surface area contributed by atoms with Crippen LogP contribution in [0.4, 0.5) is 9.39 Å². The highest BCUT2D eigenvalue weighted by molar-refractivity contribution is 9.10. The van der Waals surface area contributed by atoms with Crippen molar-refractivity contribution in [3.8, 4) is 11.5 Å². The Morgan fingerprint density at radius 1 is 1.13 bits per heavy atom. The van der Waals surface area contributed by atoms with Gasteiger partial charge in [-0.25, -0.2) is 9.38 Å². The summed E-state index contributed by atoms with van der Waals surface area (Å²) in [5, 5.41) is 4.08. The summed E-state index contributed by atoms with van der Waals surface area (Å²) < 4.78 is 25.5. The van der Waals surface area contributed by atoms with Gasteiger partial charge in [0.1, 0.15) is 17.4 Å². The van der Waals surface area contributed by atoms with Gasteiger partial charge in [0, 0.05) is 17.1 Å². The summed E-state index contributed by atoms with van der Waals surface area (Å²) in [6.45, 7) is 0.281. The number of hydrogen-bond acceptors (Lipinski definition) is 5. The average molecular weight is 600 g/mol. The molecule has 200 valence electrons. The van der Waals surface area contributed by atoms with Gasteiger partial charge in [0.05, 0.1) is 17.1 Å². The molecule has 2 aromatic carbocycles. The van der Waals surface area contributed by atoms with Crippen molar-refractivity contribution in [2.45, 2.75) is 70.4 Å². The molecule has 5 nitrogen and oxygen atoms in total. The lowest BCUT2D eigenvalue weighted by Gasteiger charge is -2.23. The summed E-state index contributed by atoms with van der Waals surface area (Å²) in [6, 6.07) is 10.3. The van der Waals surface area contributed by atoms with Crippen LogP contribution in [0.2, 0.25) is 0 Å². The van der Waals surface area contributed by atoms with Crippen LogP contribution < -0.4 is 14.8 Å². The standard InChI is InChI=1S/C30H32BrFN2O3S/c1-36-25-16-20(15-24(31)28(25)37-18-19-11-13-21(32)14-12-19)17-33-30-27(23-9-5-6-10-26(23)38-30)29(35)34-22-7-3-2-4-8-22/h11-17,22H,2-10,18H2,1H3,(H,34,35). The van der Waals surface area contributed by atoms with Gasteiger partial charge in [0.25, 0.3) is 5.91 Å². The number of ether oxygens (including phenoxy) is 2. The Morgan fingerprint density at radius 2 is 1.89 bits per heavy atom. The topological polar surface area (TPSA) is 59.9 Å². The van der Waals surface area contributed by atoms with Gasteiger partial charge in [0.2, 0.25) is 0 Å². The van der Waals surface area contributed by atoms with Crippen LogP contribution in [-0.2, 0) is 19.4 Å². The Kier molecular flexibility index (Phi) is 8.79. The van der Waals surface area contributed by atoms with E-state index >= 15 is 0 Å². The molecule has 1 heterocycles. The molecular weight excluding hydrogens is 567 g/mol. The Hall–Kier alpha value is -2.71. The lowest BCUT2D eigenvalue weighted by molar-refractivity contribution is 0.0927. The van der Waals surface area contributed by atoms with Crippen LogP contribution in [0.15, 0.2) is 45.9 Å². The molecule has 1 saturated carbocycles. The quantitative estimate of drug-likeness (QED) is 0.268. The van der Waals surface area contributed by atoms with Gasteiger partial charge in [-0.2, -0.15) is 0 Å². The summed E-state index contributed by atoms with van der Waals surface area (Å²) in [5.41, 5.74) is 3.63. The predicted octanol–water partition coefficient (Wildman–Crippen LogP) is 7.93. The first-order chi connectivity index (χ1) is 18.5. The van der Waals surface area contributed by atoms with E-state index in [1.165, 1.54) is 41.8 Å². The fourth-order valence-corrected chi connectivity index (χ4v) is 7.01. The molecule has 5 rings (SSSR count). The van der Waals surface area contributed by atoms with Crippen molar-refractivity contribution in [3.05, 3.63) is 73.8 Å². The molecule has 1 amide bonds. The zero-order valence-electron chi connectivity index (χ0n) is 21.5. The lowest BCUT2D eigenvalue weighted by atomic mass is 9.93. The number of benzene rings is 2. The first kappa shape index (κ1) is 26.9. The van der Waals surface area contributed by atoms with Crippen molar-refractivity contribution < 1.29 is 18.7 Å². The third-order valence-electron chi connectivity index (χ3n) is 7.20. The predicted molar refractivity (Wildman–Crippen MR) is 154 cm³/mol. The average Bonchev–Trinajstić information content (AvgIpc) is 3.31. The number of carbonyl (C=O) groups is 1. The second kappa shape index (κ2) is 12.4. The lowest BCUT2D eigenvalue weighted by Crippen LogP contribution is -2.36. The summed E-state index contributed by atoms with van der Waals surface area (Å²) in [4.78, 5) is 19.6. The van der Waals surface area contributed by atoms with E-state index < -0.39 is 0 Å². The first-order valence-electron chi connectivity index (χ1n) is 13.3. The summed E-state index contributed by atoms with van der Waals surface area (Å²) in [5.74, 6) is 0.862. The fourth-order valence-electron chi connectivity index (χ4n) is 5.20. The Morgan fingerprint density at radius 3 is 2.66 bits per heavy atom. The minimum atomic E-state index is -0.280. The largest absolute Gasteiger partial charge is 0.493 e. The smallest absolute Gasteiger partial charge is 0.254 e. The molecule has 0 bridgehead atoms. The second-order valence-corrected chi connectivity index (χ2v) is 11.8. The van der Waals surface area contributed by atoms with Crippen molar-refractivity contribution in [1.29, 1.82) is 0 Å². The van der Waals surface area contributed by atoms with Gasteiger partial charge in [-0.15, -0.1) is 11.3 Å². The molecule has 0 radical (unpaired) electrons. The Balaban J connectivity index is 1.37. The highest BCUT2D eigenvalue weighted by Gasteiger charge is 2.27. The van der Waals surface area contributed by atoms with Crippen LogP contribution in [0.25, 0.3) is 0 Å². The molecule has 1 fully saturated rings. The van der Waals surface area contributed by atoms with Crippen LogP contribution >= 0.6 is 27.3 Å². The molecule has 8 heteroatoms. The monoisotopic (exact) mass is 598 g/mol. The van der Waals surface area contributed by atoms with E-state index in [-0.39, 0.29) is 24.4 Å². The van der Waals surface area contributed by atoms with Crippen molar-refractivity contribution in [3.63, 3.8) is 0 Å². The molecule has 2 aliphatic carbocycles. The zero-order chi connectivity index (χ0) is 26.5. The number of rotatable bonds is 8. The minimum Gasteiger partial charge on any atom is -0.493 e. The maximum atomic E-state index is 13.4. The van der Waals surface area contributed by atoms with Gasteiger partial charge in [0.15, 0.2) is 11.5 Å². The number of carbonyl (C=O) groups excluding carboxylic acids is 1. The van der Waals surface area contributed by atoms with Gasteiger partial charge in [-0.1, -0.05) is 31.4 Å². The summed E-state index contributed by atoms with van der Waals surface area (Å²) in [6.07, 6.45) is 11.7. The summed E-state index contributed by atoms with van der Waals surface area (Å²) in [7, 11) is 1.59. The highest BCUT2D eigenvalue weighted by Crippen LogP contribution is 2.41. The van der Waals surface area contributed by atoms with E-state index in [1.807, 2.05) is 12.1 Å². The van der Waals surface area contributed by atoms with Crippen molar-refractivity contribution in [1.82, 2.24) is 5.32 Å². The van der Waals surface area contributed by atoms with Crippen molar-refractivity contribution in [2.24, 2.45) is 4.99 Å². The molecule has 0 unspecified atom stereocenters. The number of amides is 1. The highest BCUT2D eigenvalue weighted by atomic mass is 79.9. The number of thiophene rings is 1. The molecule has 0 spiro atoms. The van der Waals surface area contributed by atoms with Crippen molar-refractivity contribution >= 4 is 44.4 Å². The number of fused-ring (bicyclic) bond motifs is 1. The van der Waals surface area contributed by atoms with Gasteiger partial charge in [-0.3, -0.25) is 4.79 Å². The zero-order valence-corrected chi connectivity index (χ0v) is 23.9. The van der Waals surface area contributed by atoms with Crippen LogP contribution in [0.5, 0.6) is 11.5 Å². The maximum Gasteiger partial charge on any atom is 0.254 e. The van der Waals surface area contributed by atoms with E-state index in [4.69, 9.17) is 14.5 Å². The number of nitrogens with one attached hydrogen (secondary N) is 1. The molecule has 1 aromatic heterocycles. The fraction of sp³-hybridized carbons (Fsp3) is 0.400. The first-order valence-corrected chi connectivity index (χ1v) is 14.9. The molecule has 0 aliphatic heterocycles. The number of hydrogen-bond donors (Lipinski definition) is 1. The Bertz CT molecular complexity index is 1320. The van der Waals surface area contributed by atoms with E-state index in [0.717, 1.165) is 64.7 Å². The maximum absolute atomic E-state index is 13.4. The number of methoxy groups -OCH3 is 1. The van der Waals surface area contributed by atoms with Crippen LogP contribution in [0.3, 0.4) is 0 Å². The molecule has 38 heavy (non-hydrogen) atoms. The Labute approximate surface area is 235 Å². The number of aliphatic imine (C=N–C) groups is 1. The third-order valence-corrected chi connectivity index (χ3v) is 8.99. The number of nitrogens with zero attached hydrogens (tertiary/aromatic N) is 1. The van der Waals surface area contributed by atoms with Gasteiger partial charge < -0.3 is 14.8 Å². The molecule has 3 aromatic rings. The molecule has 1 N–H and O–H groups in total. The van der Waals surface area contributed by atoms with E-state index in [1.54, 1.807) is 36.8 Å². The third kappa shape index (κ3) is 6.29. The molecule has 0 atom stereocenters. The summed E-state index contributed by atoms with van der Waals surface area (Å²) >= 11 is 5.24. The minimum absolute atomic E-state index is 0.0201. The van der Waals surface area contributed by atoms with Crippen molar-refractivity contribution in [2.75, 3.05) is 7.11 Å². The molecule has 0 saturated heterocycles. The van der Waals surface area contributed by atoms with Gasteiger partial charge >= 0.3 is 0 Å².